The van der Waals surface area contributed by atoms with Gasteiger partial charge in [0.1, 0.15) is 11.5 Å². The van der Waals surface area contributed by atoms with Gasteiger partial charge >= 0.3 is 0 Å². The summed E-state index contributed by atoms with van der Waals surface area (Å²) in [6, 6.07) is 41.4. The fourth-order valence-electron chi connectivity index (χ4n) is 1.63. The molecular weight excluding hydrogens is 320 g/mol. The van der Waals surface area contributed by atoms with Crippen molar-refractivity contribution in [3.8, 4) is 11.5 Å². The first-order valence-corrected chi connectivity index (χ1v) is 8.27. The molecule has 2 N–H and O–H groups in total. The molecule has 2 heteroatoms. The van der Waals surface area contributed by atoms with E-state index in [1.54, 1.807) is 48.5 Å². The van der Waals surface area contributed by atoms with Gasteiger partial charge in [0.25, 0.3) is 0 Å². The first kappa shape index (κ1) is 20.5. The van der Waals surface area contributed by atoms with Gasteiger partial charge in [-0.15, -0.1) is 0 Å². The molecular formula is C24H24O2. The number of phenolic OH excluding ortho intramolecular Hbond substituents is 2. The highest BCUT2D eigenvalue weighted by Crippen LogP contribution is 2.03. The summed E-state index contributed by atoms with van der Waals surface area (Å²) in [5, 5.41) is 17.3. The number of aromatic hydroxyl groups is 2. The summed E-state index contributed by atoms with van der Waals surface area (Å²) in [5.41, 5.74) is 0. The van der Waals surface area contributed by atoms with Crippen LogP contribution < -0.4 is 0 Å². The van der Waals surface area contributed by atoms with Crippen molar-refractivity contribution in [2.24, 2.45) is 0 Å². The predicted octanol–water partition coefficient (Wildman–Crippen LogP) is 6.16. The summed E-state index contributed by atoms with van der Waals surface area (Å²) in [5.74, 6) is 0.644. The molecule has 0 aromatic heterocycles. The van der Waals surface area contributed by atoms with Crippen molar-refractivity contribution in [2.45, 2.75) is 0 Å². The van der Waals surface area contributed by atoms with Crippen LogP contribution in [0.4, 0.5) is 0 Å². The minimum absolute atomic E-state index is 0.322. The van der Waals surface area contributed by atoms with Crippen LogP contribution in [0.5, 0.6) is 11.5 Å². The van der Waals surface area contributed by atoms with Crippen LogP contribution in [0, 0.1) is 0 Å². The van der Waals surface area contributed by atoms with Crippen LogP contribution in [-0.2, 0) is 0 Å². The average Bonchev–Trinajstić information content (AvgIpc) is 2.73. The molecule has 0 aliphatic heterocycles. The van der Waals surface area contributed by atoms with Gasteiger partial charge in [-0.25, -0.2) is 0 Å². The Morgan fingerprint density at radius 3 is 0.538 bits per heavy atom. The molecule has 4 aromatic carbocycles. The maximum Gasteiger partial charge on any atom is 0.115 e. The van der Waals surface area contributed by atoms with Crippen LogP contribution in [0.25, 0.3) is 0 Å². The highest BCUT2D eigenvalue weighted by Gasteiger charge is 1.75. The quantitative estimate of drug-likeness (QED) is 0.401. The number of benzene rings is 4. The second kappa shape index (κ2) is 15.0. The minimum Gasteiger partial charge on any atom is -0.508 e. The third-order valence-corrected chi connectivity index (χ3v) is 2.85. The van der Waals surface area contributed by atoms with Gasteiger partial charge in [0.15, 0.2) is 0 Å². The molecule has 132 valence electrons. The van der Waals surface area contributed by atoms with Crippen LogP contribution >= 0.6 is 0 Å². The van der Waals surface area contributed by atoms with Crippen molar-refractivity contribution in [3.63, 3.8) is 0 Å². The van der Waals surface area contributed by atoms with E-state index in [0.29, 0.717) is 11.5 Å². The Balaban J connectivity index is 0.000000174. The molecule has 4 aromatic rings. The Morgan fingerprint density at radius 2 is 0.423 bits per heavy atom. The van der Waals surface area contributed by atoms with Gasteiger partial charge in [-0.1, -0.05) is 109 Å². The Labute approximate surface area is 155 Å². The first-order chi connectivity index (χ1) is 12.8. The zero-order valence-corrected chi connectivity index (χ0v) is 14.6. The van der Waals surface area contributed by atoms with Gasteiger partial charge in [-0.2, -0.15) is 0 Å². The number of phenols is 2. The molecule has 0 fully saturated rings. The molecule has 0 radical (unpaired) electrons. The fourth-order valence-corrected chi connectivity index (χ4v) is 1.63. The standard InChI is InChI=1S/2C6H6O.2C6H6/c2*7-6-4-2-1-3-5-6;2*1-2-4-6-5-3-1/h2*1-5,7H;2*1-6H. The Morgan fingerprint density at radius 1 is 0.269 bits per heavy atom. The molecule has 0 saturated carbocycles. The van der Waals surface area contributed by atoms with Gasteiger partial charge in [0.2, 0.25) is 0 Å². The predicted molar refractivity (Wildman–Crippen MR) is 109 cm³/mol. The lowest BCUT2D eigenvalue weighted by atomic mass is 10.3. The third-order valence-electron chi connectivity index (χ3n) is 2.85. The number of hydrogen-bond donors (Lipinski definition) is 2. The van der Waals surface area contributed by atoms with E-state index >= 15 is 0 Å². The Bertz CT molecular complexity index is 620. The van der Waals surface area contributed by atoms with Crippen molar-refractivity contribution >= 4 is 0 Å². The van der Waals surface area contributed by atoms with E-state index in [-0.39, 0.29) is 0 Å². The number of rotatable bonds is 0. The van der Waals surface area contributed by atoms with E-state index in [1.165, 1.54) is 0 Å². The van der Waals surface area contributed by atoms with Crippen LogP contribution in [-0.4, -0.2) is 10.2 Å². The van der Waals surface area contributed by atoms with Gasteiger partial charge in [0.05, 0.1) is 0 Å². The normalized spacial score (nSPS) is 8.31. The fraction of sp³-hybridized carbons (Fsp3) is 0. The largest absolute Gasteiger partial charge is 0.508 e. The summed E-state index contributed by atoms with van der Waals surface area (Å²) >= 11 is 0. The summed E-state index contributed by atoms with van der Waals surface area (Å²) < 4.78 is 0. The summed E-state index contributed by atoms with van der Waals surface area (Å²) in [6.45, 7) is 0. The van der Waals surface area contributed by atoms with Crippen molar-refractivity contribution in [2.75, 3.05) is 0 Å². The maximum absolute atomic E-state index is 8.63. The molecule has 0 unspecified atom stereocenters. The summed E-state index contributed by atoms with van der Waals surface area (Å²) in [4.78, 5) is 0. The average molecular weight is 344 g/mol. The Hall–Kier alpha value is -3.52. The second-order valence-corrected chi connectivity index (χ2v) is 4.98. The molecule has 2 nitrogen and oxygen atoms in total. The van der Waals surface area contributed by atoms with E-state index in [0.717, 1.165) is 0 Å². The van der Waals surface area contributed by atoms with Crippen LogP contribution in [0.3, 0.4) is 0 Å². The van der Waals surface area contributed by atoms with Crippen LogP contribution in [0.2, 0.25) is 0 Å². The van der Waals surface area contributed by atoms with E-state index in [2.05, 4.69) is 0 Å². The molecule has 0 bridgehead atoms. The van der Waals surface area contributed by atoms with Gasteiger partial charge in [0, 0.05) is 0 Å². The lowest BCUT2D eigenvalue weighted by molar-refractivity contribution is 0.475. The van der Waals surface area contributed by atoms with Crippen molar-refractivity contribution in [3.05, 3.63) is 133 Å². The van der Waals surface area contributed by atoms with Crippen molar-refractivity contribution < 1.29 is 10.2 Å². The number of hydrogen-bond acceptors (Lipinski definition) is 2. The Kier molecular flexibility index (Phi) is 11.9. The summed E-state index contributed by atoms with van der Waals surface area (Å²) in [6.07, 6.45) is 0. The lowest BCUT2D eigenvalue weighted by Gasteiger charge is -1.82. The summed E-state index contributed by atoms with van der Waals surface area (Å²) in [7, 11) is 0. The van der Waals surface area contributed by atoms with Crippen LogP contribution in [0.1, 0.15) is 0 Å². The third kappa shape index (κ3) is 13.0. The van der Waals surface area contributed by atoms with E-state index < -0.39 is 0 Å². The zero-order chi connectivity index (χ0) is 18.7. The topological polar surface area (TPSA) is 40.5 Å². The van der Waals surface area contributed by atoms with E-state index in [1.807, 2.05) is 84.9 Å². The van der Waals surface area contributed by atoms with E-state index in [4.69, 9.17) is 10.2 Å². The minimum atomic E-state index is 0.322. The molecule has 0 aliphatic carbocycles. The smallest absolute Gasteiger partial charge is 0.115 e. The van der Waals surface area contributed by atoms with Crippen molar-refractivity contribution in [1.29, 1.82) is 0 Å². The zero-order valence-electron chi connectivity index (χ0n) is 14.6. The molecule has 26 heavy (non-hydrogen) atoms. The highest BCUT2D eigenvalue weighted by molar-refractivity contribution is 5.19. The molecule has 0 aliphatic rings. The molecule has 0 heterocycles. The maximum atomic E-state index is 8.63. The molecule has 0 saturated heterocycles. The number of para-hydroxylation sites is 2. The molecule has 0 atom stereocenters. The van der Waals surface area contributed by atoms with Crippen LogP contribution in [0.15, 0.2) is 133 Å². The molecule has 4 rings (SSSR count). The van der Waals surface area contributed by atoms with Gasteiger partial charge in [-0.05, 0) is 24.3 Å². The molecule has 0 amide bonds. The highest BCUT2D eigenvalue weighted by atomic mass is 16.3. The SMILES string of the molecule is Oc1ccccc1.Oc1ccccc1.c1ccccc1.c1ccccc1. The lowest BCUT2D eigenvalue weighted by Crippen LogP contribution is -1.56. The van der Waals surface area contributed by atoms with Gasteiger partial charge in [-0.3, -0.25) is 0 Å². The van der Waals surface area contributed by atoms with E-state index in [9.17, 15) is 0 Å². The monoisotopic (exact) mass is 344 g/mol. The van der Waals surface area contributed by atoms with Gasteiger partial charge < -0.3 is 10.2 Å². The first-order valence-electron chi connectivity index (χ1n) is 8.27. The second-order valence-electron chi connectivity index (χ2n) is 4.98. The molecule has 0 spiro atoms. The van der Waals surface area contributed by atoms with Crippen molar-refractivity contribution in [1.82, 2.24) is 0 Å².